The first-order chi connectivity index (χ1) is 5.88. The number of allylic oxidation sites excluding steroid dienone is 4. The summed E-state index contributed by atoms with van der Waals surface area (Å²) >= 11 is 0. The van der Waals surface area contributed by atoms with Crippen LogP contribution in [0.15, 0.2) is 23.8 Å². The molecular weight excluding hydrogens is 148 g/mol. The molecule has 0 aliphatic heterocycles. The van der Waals surface area contributed by atoms with Crippen LogP contribution >= 0.6 is 0 Å². The van der Waals surface area contributed by atoms with E-state index >= 15 is 0 Å². The molecule has 2 aliphatic carbocycles. The van der Waals surface area contributed by atoms with Crippen molar-refractivity contribution in [3.05, 3.63) is 23.8 Å². The molecule has 64 valence electrons. The average Bonchev–Trinajstić information content (AvgIpc) is 2.29. The Kier molecular flexibility index (Phi) is 2.11. The molecule has 0 radical (unpaired) electrons. The Bertz CT molecular complexity index is 248. The molecule has 0 bridgehead atoms. The zero-order valence-electron chi connectivity index (χ0n) is 7.25. The molecule has 1 heteroatoms. The molecule has 0 saturated carbocycles. The van der Waals surface area contributed by atoms with E-state index in [4.69, 9.17) is 0 Å². The molecule has 0 spiro atoms. The van der Waals surface area contributed by atoms with Crippen molar-refractivity contribution in [1.82, 2.24) is 0 Å². The average molecular weight is 162 g/mol. The lowest BCUT2D eigenvalue weighted by Crippen LogP contribution is -2.16. The summed E-state index contributed by atoms with van der Waals surface area (Å²) in [6.07, 6.45) is 11.6. The van der Waals surface area contributed by atoms with Gasteiger partial charge in [0.25, 0.3) is 0 Å². The highest BCUT2D eigenvalue weighted by Gasteiger charge is 2.23. The second-order valence-corrected chi connectivity index (χ2v) is 3.59. The van der Waals surface area contributed by atoms with Gasteiger partial charge in [-0.25, -0.2) is 0 Å². The third-order valence-electron chi connectivity index (χ3n) is 2.73. The Morgan fingerprint density at radius 2 is 2.25 bits per heavy atom. The van der Waals surface area contributed by atoms with Gasteiger partial charge in [0.15, 0.2) is 0 Å². The van der Waals surface area contributed by atoms with E-state index in [-0.39, 0.29) is 5.92 Å². The summed E-state index contributed by atoms with van der Waals surface area (Å²) in [6.45, 7) is 0. The first-order valence-corrected chi connectivity index (χ1v) is 4.77. The van der Waals surface area contributed by atoms with Gasteiger partial charge in [0.05, 0.1) is 0 Å². The van der Waals surface area contributed by atoms with Gasteiger partial charge >= 0.3 is 0 Å². The standard InChI is InChI=1S/C11H14O/c12-11-8-4-2-6-9-5-1-3-7-10(9)11/h1,5-6,10H,2-4,7-8H2. The largest absolute Gasteiger partial charge is 0.299 e. The van der Waals surface area contributed by atoms with Crippen LogP contribution in [-0.2, 0) is 4.79 Å². The van der Waals surface area contributed by atoms with Crippen LogP contribution in [0.25, 0.3) is 0 Å². The fourth-order valence-corrected chi connectivity index (χ4v) is 2.04. The highest BCUT2D eigenvalue weighted by molar-refractivity contribution is 5.85. The number of carbonyl (C=O) groups is 1. The predicted octanol–water partition coefficient (Wildman–Crippen LogP) is 2.63. The molecule has 12 heavy (non-hydrogen) atoms. The van der Waals surface area contributed by atoms with Gasteiger partial charge in [-0.05, 0) is 31.3 Å². The van der Waals surface area contributed by atoms with E-state index in [2.05, 4.69) is 18.2 Å². The van der Waals surface area contributed by atoms with Crippen molar-refractivity contribution in [3.63, 3.8) is 0 Å². The number of carbonyl (C=O) groups excluding carboxylic acids is 1. The van der Waals surface area contributed by atoms with Crippen LogP contribution < -0.4 is 0 Å². The van der Waals surface area contributed by atoms with E-state index in [0.29, 0.717) is 5.78 Å². The van der Waals surface area contributed by atoms with Crippen LogP contribution in [0.3, 0.4) is 0 Å². The smallest absolute Gasteiger partial charge is 0.140 e. The lowest BCUT2D eigenvalue weighted by molar-refractivity contribution is -0.121. The van der Waals surface area contributed by atoms with Crippen molar-refractivity contribution in [3.8, 4) is 0 Å². The number of hydrogen-bond acceptors (Lipinski definition) is 1. The third-order valence-corrected chi connectivity index (χ3v) is 2.73. The highest BCUT2D eigenvalue weighted by Crippen LogP contribution is 2.29. The van der Waals surface area contributed by atoms with E-state index in [1.807, 2.05) is 0 Å². The quantitative estimate of drug-likeness (QED) is 0.535. The van der Waals surface area contributed by atoms with E-state index in [1.54, 1.807) is 0 Å². The summed E-state index contributed by atoms with van der Waals surface area (Å²) in [4.78, 5) is 11.6. The normalized spacial score (nSPS) is 29.2. The van der Waals surface area contributed by atoms with Crippen molar-refractivity contribution in [2.45, 2.75) is 32.1 Å². The van der Waals surface area contributed by atoms with Crippen LogP contribution in [0.5, 0.6) is 0 Å². The fraction of sp³-hybridized carbons (Fsp3) is 0.545. The minimum Gasteiger partial charge on any atom is -0.299 e. The van der Waals surface area contributed by atoms with Gasteiger partial charge in [-0.3, -0.25) is 4.79 Å². The van der Waals surface area contributed by atoms with E-state index in [0.717, 1.165) is 32.1 Å². The third kappa shape index (κ3) is 1.36. The summed E-state index contributed by atoms with van der Waals surface area (Å²) in [5.41, 5.74) is 1.28. The lowest BCUT2D eigenvalue weighted by atomic mass is 9.86. The highest BCUT2D eigenvalue weighted by atomic mass is 16.1. The molecule has 1 nitrogen and oxygen atoms in total. The van der Waals surface area contributed by atoms with Crippen LogP contribution in [0, 0.1) is 5.92 Å². The molecule has 2 aliphatic rings. The zero-order chi connectivity index (χ0) is 8.39. The number of hydrogen-bond donors (Lipinski definition) is 0. The SMILES string of the molecule is O=C1CCCC=C2C=CCCC12. The summed E-state index contributed by atoms with van der Waals surface area (Å²) in [5.74, 6) is 0.709. The van der Waals surface area contributed by atoms with Crippen molar-refractivity contribution in [1.29, 1.82) is 0 Å². The summed E-state index contributed by atoms with van der Waals surface area (Å²) in [6, 6.07) is 0. The Hall–Kier alpha value is -0.850. The van der Waals surface area contributed by atoms with Gasteiger partial charge in [0, 0.05) is 12.3 Å². The molecule has 1 atom stereocenters. The number of fused-ring (bicyclic) bond motifs is 1. The van der Waals surface area contributed by atoms with Crippen LogP contribution in [0.2, 0.25) is 0 Å². The summed E-state index contributed by atoms with van der Waals surface area (Å²) < 4.78 is 0. The van der Waals surface area contributed by atoms with Crippen LogP contribution in [0.1, 0.15) is 32.1 Å². The van der Waals surface area contributed by atoms with Gasteiger partial charge < -0.3 is 0 Å². The molecule has 0 saturated heterocycles. The summed E-state index contributed by atoms with van der Waals surface area (Å²) in [5, 5.41) is 0. The molecular formula is C11H14O. The van der Waals surface area contributed by atoms with E-state index in [1.165, 1.54) is 5.57 Å². The molecule has 0 heterocycles. The number of rotatable bonds is 0. The van der Waals surface area contributed by atoms with E-state index < -0.39 is 0 Å². The van der Waals surface area contributed by atoms with Gasteiger partial charge in [-0.15, -0.1) is 0 Å². The molecule has 0 fully saturated rings. The Morgan fingerprint density at radius 3 is 3.17 bits per heavy atom. The molecule has 0 amide bonds. The van der Waals surface area contributed by atoms with E-state index in [9.17, 15) is 4.79 Å². The maximum atomic E-state index is 11.6. The second kappa shape index (κ2) is 3.26. The number of Topliss-reactive ketones (excluding diaryl/α,β-unsaturated/α-hetero) is 1. The predicted molar refractivity (Wildman–Crippen MR) is 48.8 cm³/mol. The van der Waals surface area contributed by atoms with Crippen molar-refractivity contribution >= 4 is 5.78 Å². The Morgan fingerprint density at radius 1 is 1.33 bits per heavy atom. The lowest BCUT2D eigenvalue weighted by Gasteiger charge is -2.17. The van der Waals surface area contributed by atoms with Gasteiger partial charge in [0.1, 0.15) is 5.78 Å². The minimum atomic E-state index is 0.248. The molecule has 1 unspecified atom stereocenters. The maximum absolute atomic E-state index is 11.6. The second-order valence-electron chi connectivity index (χ2n) is 3.59. The molecule has 0 aromatic heterocycles. The molecule has 0 aromatic carbocycles. The van der Waals surface area contributed by atoms with Gasteiger partial charge in [-0.2, -0.15) is 0 Å². The fourth-order valence-electron chi connectivity index (χ4n) is 2.04. The van der Waals surface area contributed by atoms with Crippen molar-refractivity contribution in [2.75, 3.05) is 0 Å². The Balaban J connectivity index is 2.27. The molecule has 2 rings (SSSR count). The monoisotopic (exact) mass is 162 g/mol. The van der Waals surface area contributed by atoms with Crippen molar-refractivity contribution in [2.24, 2.45) is 5.92 Å². The summed E-state index contributed by atoms with van der Waals surface area (Å²) in [7, 11) is 0. The topological polar surface area (TPSA) is 17.1 Å². The first-order valence-electron chi connectivity index (χ1n) is 4.77. The van der Waals surface area contributed by atoms with Crippen molar-refractivity contribution < 1.29 is 4.79 Å². The minimum absolute atomic E-state index is 0.248. The van der Waals surface area contributed by atoms with Gasteiger partial charge in [0.2, 0.25) is 0 Å². The maximum Gasteiger partial charge on any atom is 0.140 e. The zero-order valence-corrected chi connectivity index (χ0v) is 7.25. The van der Waals surface area contributed by atoms with Gasteiger partial charge in [-0.1, -0.05) is 18.2 Å². The number of ketones is 1. The van der Waals surface area contributed by atoms with Crippen LogP contribution in [0.4, 0.5) is 0 Å². The molecule has 0 aromatic rings. The Labute approximate surface area is 73.2 Å². The van der Waals surface area contributed by atoms with Crippen LogP contribution in [-0.4, -0.2) is 5.78 Å². The first kappa shape index (κ1) is 7.78. The molecule has 0 N–H and O–H groups in total.